The van der Waals surface area contributed by atoms with Gasteiger partial charge in [-0.25, -0.2) is 0 Å². The fourth-order valence-electron chi connectivity index (χ4n) is 2.76. The highest BCUT2D eigenvalue weighted by Crippen LogP contribution is 2.29. The molecule has 0 saturated carbocycles. The lowest BCUT2D eigenvalue weighted by Gasteiger charge is -2.22. The summed E-state index contributed by atoms with van der Waals surface area (Å²) in [6, 6.07) is 14.6. The van der Waals surface area contributed by atoms with Gasteiger partial charge in [-0.05, 0) is 42.0 Å². The molecule has 0 spiro atoms. The molecule has 1 aliphatic rings. The number of rotatable bonds is 4. The molecule has 1 atom stereocenters. The minimum absolute atomic E-state index is 0.0617. The van der Waals surface area contributed by atoms with Gasteiger partial charge in [-0.3, -0.25) is 9.59 Å². The van der Waals surface area contributed by atoms with E-state index >= 15 is 0 Å². The van der Waals surface area contributed by atoms with Crippen LogP contribution in [-0.4, -0.2) is 29.1 Å². The van der Waals surface area contributed by atoms with Crippen LogP contribution in [0.4, 0.5) is 5.69 Å². The second-order valence-corrected chi connectivity index (χ2v) is 7.69. The van der Waals surface area contributed by atoms with Crippen molar-refractivity contribution in [2.75, 3.05) is 11.4 Å². The van der Waals surface area contributed by atoms with E-state index in [9.17, 15) is 14.7 Å². The van der Waals surface area contributed by atoms with E-state index in [1.165, 1.54) is 4.90 Å². The maximum absolute atomic E-state index is 12.6. The van der Waals surface area contributed by atoms with Crippen molar-refractivity contribution in [2.45, 2.75) is 18.6 Å². The summed E-state index contributed by atoms with van der Waals surface area (Å²) in [7, 11) is 0. The largest absolute Gasteiger partial charge is 0.372 e. The van der Waals surface area contributed by atoms with E-state index in [1.54, 1.807) is 12.1 Å². The minimum Gasteiger partial charge on any atom is -0.372 e. The van der Waals surface area contributed by atoms with Gasteiger partial charge in [0.25, 0.3) is 11.8 Å². The van der Waals surface area contributed by atoms with Gasteiger partial charge in [-0.1, -0.05) is 44.0 Å². The minimum atomic E-state index is -2.03. The van der Waals surface area contributed by atoms with Crippen LogP contribution in [0.5, 0.6) is 0 Å². The normalized spacial score (nSPS) is 20.0. The van der Waals surface area contributed by atoms with Gasteiger partial charge in [0.1, 0.15) is 0 Å². The molecule has 25 heavy (non-hydrogen) atoms. The van der Waals surface area contributed by atoms with Crippen molar-refractivity contribution in [1.29, 1.82) is 0 Å². The molecular weight excluding hydrogens is 452 g/mol. The zero-order chi connectivity index (χ0) is 18.0. The molecule has 1 heterocycles. The molecule has 0 bridgehead atoms. The molecule has 7 heteroatoms. The van der Waals surface area contributed by atoms with E-state index in [4.69, 9.17) is 0 Å². The van der Waals surface area contributed by atoms with Crippen LogP contribution in [0.15, 0.2) is 57.5 Å². The van der Waals surface area contributed by atoms with Gasteiger partial charge in [0.05, 0.1) is 0 Å². The van der Waals surface area contributed by atoms with Crippen LogP contribution < -0.4 is 10.2 Å². The fraction of sp³-hybridized carbons (Fsp3) is 0.222. The first-order valence-corrected chi connectivity index (χ1v) is 9.31. The van der Waals surface area contributed by atoms with Crippen LogP contribution >= 0.6 is 31.9 Å². The third-order valence-corrected chi connectivity index (χ3v) is 5.17. The summed E-state index contributed by atoms with van der Waals surface area (Å²) < 4.78 is 1.79. The van der Waals surface area contributed by atoms with Crippen molar-refractivity contribution >= 4 is 49.4 Å². The predicted molar refractivity (Wildman–Crippen MR) is 102 cm³/mol. The van der Waals surface area contributed by atoms with Crippen molar-refractivity contribution < 1.29 is 14.7 Å². The van der Waals surface area contributed by atoms with Crippen molar-refractivity contribution in [3.05, 3.63) is 63.0 Å². The number of anilines is 1. The van der Waals surface area contributed by atoms with Gasteiger partial charge >= 0.3 is 0 Å². The van der Waals surface area contributed by atoms with Crippen molar-refractivity contribution in [1.82, 2.24) is 5.32 Å². The van der Waals surface area contributed by atoms with Crippen molar-refractivity contribution in [2.24, 2.45) is 0 Å². The lowest BCUT2D eigenvalue weighted by molar-refractivity contribution is -0.149. The van der Waals surface area contributed by atoms with Gasteiger partial charge in [0.2, 0.25) is 5.60 Å². The number of carbonyl (C=O) groups excluding carboxylic acids is 2. The lowest BCUT2D eigenvalue weighted by atomic mass is 10.0. The maximum atomic E-state index is 12.6. The predicted octanol–water partition coefficient (Wildman–Crippen LogP) is 3.00. The molecule has 1 saturated heterocycles. The Morgan fingerprint density at radius 2 is 1.88 bits per heavy atom. The second-order valence-electron chi connectivity index (χ2n) is 5.86. The summed E-state index contributed by atoms with van der Waals surface area (Å²) in [5.74, 6) is -1.27. The van der Waals surface area contributed by atoms with E-state index in [-0.39, 0.29) is 13.0 Å². The van der Waals surface area contributed by atoms with Gasteiger partial charge in [0.15, 0.2) is 0 Å². The Labute approximate surface area is 162 Å². The van der Waals surface area contributed by atoms with E-state index in [2.05, 4.69) is 37.2 Å². The zero-order valence-corrected chi connectivity index (χ0v) is 16.4. The summed E-state index contributed by atoms with van der Waals surface area (Å²) >= 11 is 6.71. The number of nitrogens with zero attached hydrogens (tertiary/aromatic N) is 1. The number of hydrogen-bond acceptors (Lipinski definition) is 3. The molecule has 0 radical (unpaired) electrons. The quantitative estimate of drug-likeness (QED) is 0.679. The summed E-state index contributed by atoms with van der Waals surface area (Å²) in [4.78, 5) is 26.5. The molecule has 2 amide bonds. The van der Waals surface area contributed by atoms with Gasteiger partial charge in [-0.2, -0.15) is 0 Å². The van der Waals surface area contributed by atoms with E-state index in [1.807, 2.05) is 36.4 Å². The molecule has 0 aliphatic carbocycles. The smallest absolute Gasteiger partial charge is 0.268 e. The average molecular weight is 468 g/mol. The number of carbonyl (C=O) groups is 2. The molecule has 3 rings (SSSR count). The third kappa shape index (κ3) is 3.78. The van der Waals surface area contributed by atoms with E-state index < -0.39 is 17.4 Å². The monoisotopic (exact) mass is 466 g/mol. The van der Waals surface area contributed by atoms with Gasteiger partial charge < -0.3 is 15.3 Å². The first-order chi connectivity index (χ1) is 11.9. The Kier molecular flexibility index (Phi) is 5.27. The van der Waals surface area contributed by atoms with Crippen LogP contribution in [-0.2, 0) is 16.1 Å². The molecule has 5 nitrogen and oxygen atoms in total. The molecule has 2 aromatic carbocycles. The Morgan fingerprint density at radius 3 is 2.56 bits per heavy atom. The maximum Gasteiger partial charge on any atom is 0.268 e. The standard InChI is InChI=1S/C18H16Br2N2O3/c19-13-4-6-15(7-5-13)22-9-8-18(25,17(22)24)16(23)21-11-12-2-1-3-14(20)10-12/h1-7,10,25H,8-9,11H2,(H,21,23)/t18-/m0/s1. The molecule has 0 aromatic heterocycles. The number of hydrogen-bond donors (Lipinski definition) is 2. The van der Waals surface area contributed by atoms with Crippen LogP contribution in [0.1, 0.15) is 12.0 Å². The summed E-state index contributed by atoms with van der Waals surface area (Å²) in [6.45, 7) is 0.535. The van der Waals surface area contributed by atoms with Crippen LogP contribution in [0, 0.1) is 0 Å². The van der Waals surface area contributed by atoms with E-state index in [0.717, 1.165) is 14.5 Å². The molecule has 1 aliphatic heterocycles. The Morgan fingerprint density at radius 1 is 1.16 bits per heavy atom. The molecule has 1 fully saturated rings. The average Bonchev–Trinajstić information content (AvgIpc) is 2.90. The molecule has 130 valence electrons. The van der Waals surface area contributed by atoms with Crippen LogP contribution in [0.3, 0.4) is 0 Å². The highest BCUT2D eigenvalue weighted by molar-refractivity contribution is 9.10. The molecule has 2 aromatic rings. The highest BCUT2D eigenvalue weighted by Gasteiger charge is 2.51. The van der Waals surface area contributed by atoms with Crippen molar-refractivity contribution in [3.63, 3.8) is 0 Å². The third-order valence-electron chi connectivity index (χ3n) is 4.15. The Hall–Kier alpha value is -1.70. The molecular formula is C18H16Br2N2O3. The number of aliphatic hydroxyl groups is 1. The number of amides is 2. The summed E-state index contributed by atoms with van der Waals surface area (Å²) in [5.41, 5.74) is -0.496. The first-order valence-electron chi connectivity index (χ1n) is 7.73. The Bertz CT molecular complexity index is 810. The molecule has 0 unspecified atom stereocenters. The highest BCUT2D eigenvalue weighted by atomic mass is 79.9. The zero-order valence-electron chi connectivity index (χ0n) is 13.2. The van der Waals surface area contributed by atoms with Crippen molar-refractivity contribution in [3.8, 4) is 0 Å². The SMILES string of the molecule is O=C(NCc1cccc(Br)c1)[C@@]1(O)CCN(c2ccc(Br)cc2)C1=O. The lowest BCUT2D eigenvalue weighted by Crippen LogP contribution is -2.52. The van der Waals surface area contributed by atoms with Crippen LogP contribution in [0.2, 0.25) is 0 Å². The van der Waals surface area contributed by atoms with E-state index in [0.29, 0.717) is 12.2 Å². The topological polar surface area (TPSA) is 69.6 Å². The fourth-order valence-corrected chi connectivity index (χ4v) is 3.47. The van der Waals surface area contributed by atoms with Gasteiger partial charge in [-0.15, -0.1) is 0 Å². The van der Waals surface area contributed by atoms with Gasteiger partial charge in [0, 0.05) is 34.1 Å². The first kappa shape index (κ1) is 18.1. The number of nitrogens with one attached hydrogen (secondary N) is 1. The van der Waals surface area contributed by atoms with Crippen LogP contribution in [0.25, 0.3) is 0 Å². The summed E-state index contributed by atoms with van der Waals surface area (Å²) in [5, 5.41) is 13.3. The number of halogens is 2. The Balaban J connectivity index is 1.69. The number of benzene rings is 2. The summed E-state index contributed by atoms with van der Waals surface area (Å²) in [6.07, 6.45) is 0.0617. The molecule has 2 N–H and O–H groups in total. The second kappa shape index (κ2) is 7.27.